The number of aromatic amines is 2. The van der Waals surface area contributed by atoms with Gasteiger partial charge in [0.1, 0.15) is 5.69 Å². The lowest BCUT2D eigenvalue weighted by Crippen LogP contribution is -2.32. The second-order valence-corrected chi connectivity index (χ2v) is 9.90. The van der Waals surface area contributed by atoms with Crippen LogP contribution in [0.25, 0.3) is 43.6 Å². The Balaban J connectivity index is 1.32. The molecule has 0 saturated carbocycles. The first-order valence-corrected chi connectivity index (χ1v) is 13.0. The molecule has 4 N–H and O–H groups in total. The molecule has 0 aliphatic carbocycles. The number of fused-ring (bicyclic) bond motifs is 2. The molecule has 1 unspecified atom stereocenters. The number of rotatable bonds is 7. The maximum atomic E-state index is 12.6. The predicted molar refractivity (Wildman–Crippen MR) is 149 cm³/mol. The van der Waals surface area contributed by atoms with Crippen molar-refractivity contribution in [3.63, 3.8) is 0 Å². The summed E-state index contributed by atoms with van der Waals surface area (Å²) in [5.41, 5.74) is 6.22. The predicted octanol–water partition coefficient (Wildman–Crippen LogP) is 6.50. The average Bonchev–Trinajstić information content (AvgIpc) is 3.69. The number of nitrogens with zero attached hydrogens (tertiary/aromatic N) is 3. The zero-order chi connectivity index (χ0) is 25.4. The van der Waals surface area contributed by atoms with Gasteiger partial charge in [-0.2, -0.15) is 5.10 Å². The Labute approximate surface area is 217 Å². The van der Waals surface area contributed by atoms with Crippen LogP contribution in [0.15, 0.2) is 72.4 Å². The van der Waals surface area contributed by atoms with Crippen LogP contribution in [0.2, 0.25) is 0 Å². The fourth-order valence-corrected chi connectivity index (χ4v) is 4.94. The van der Waals surface area contributed by atoms with Crippen molar-refractivity contribution in [2.45, 2.75) is 26.3 Å². The summed E-state index contributed by atoms with van der Waals surface area (Å²) in [4.78, 5) is 25.5. The molecular formula is C28H25N7OS. The van der Waals surface area contributed by atoms with Crippen LogP contribution in [0.3, 0.4) is 0 Å². The van der Waals surface area contributed by atoms with Gasteiger partial charge in [0.2, 0.25) is 0 Å². The molecule has 0 radical (unpaired) electrons. The van der Waals surface area contributed by atoms with Gasteiger partial charge in [0, 0.05) is 40.0 Å². The Morgan fingerprint density at radius 2 is 1.86 bits per heavy atom. The maximum absolute atomic E-state index is 12.6. The molecule has 1 amide bonds. The summed E-state index contributed by atoms with van der Waals surface area (Å²) in [5.74, 6) is 1.27. The number of anilines is 2. The Morgan fingerprint density at radius 1 is 1.03 bits per heavy atom. The molecular weight excluding hydrogens is 482 g/mol. The van der Waals surface area contributed by atoms with Crippen LogP contribution < -0.4 is 10.6 Å². The fraction of sp³-hybridized carbons (Fsp3) is 0.143. The Hall–Kier alpha value is -4.50. The Kier molecular flexibility index (Phi) is 5.90. The summed E-state index contributed by atoms with van der Waals surface area (Å²) >= 11 is 1.60. The highest BCUT2D eigenvalue weighted by Gasteiger charge is 2.15. The maximum Gasteiger partial charge on any atom is 0.267 e. The zero-order valence-corrected chi connectivity index (χ0v) is 21.2. The molecule has 6 rings (SSSR count). The van der Waals surface area contributed by atoms with Crippen molar-refractivity contribution in [1.29, 1.82) is 0 Å². The van der Waals surface area contributed by atoms with Gasteiger partial charge in [0.05, 0.1) is 16.4 Å². The molecule has 0 aliphatic rings. The molecule has 4 aromatic heterocycles. The summed E-state index contributed by atoms with van der Waals surface area (Å²) in [6.45, 7) is 4.04. The molecule has 4 heterocycles. The van der Waals surface area contributed by atoms with E-state index in [-0.39, 0.29) is 11.9 Å². The van der Waals surface area contributed by atoms with E-state index in [9.17, 15) is 4.79 Å². The van der Waals surface area contributed by atoms with E-state index in [0.29, 0.717) is 11.5 Å². The summed E-state index contributed by atoms with van der Waals surface area (Å²) in [5, 5.41) is 16.3. The first-order valence-electron chi connectivity index (χ1n) is 12.1. The molecule has 2 aromatic carbocycles. The average molecular weight is 508 g/mol. The van der Waals surface area contributed by atoms with Crippen molar-refractivity contribution in [1.82, 2.24) is 30.5 Å². The number of aromatic nitrogens is 5. The molecule has 184 valence electrons. The molecule has 0 saturated heterocycles. The standard InChI is InChI=1S/C28H25N7OS/c1-3-16(2)31-28(36)24-12-18-4-5-19(13-23(18)33-24)26-34-22-10-11-37-25(22)27(35-26)32-21-8-6-17(7-9-21)20-14-29-30-15-20/h4-16,33H,3H2,1-2H3,(H,29,30)(H,31,36)(H,32,34,35). The van der Waals surface area contributed by atoms with Crippen molar-refractivity contribution >= 4 is 49.9 Å². The van der Waals surface area contributed by atoms with Crippen molar-refractivity contribution in [2.24, 2.45) is 0 Å². The lowest BCUT2D eigenvalue weighted by Gasteiger charge is -2.10. The minimum atomic E-state index is -0.103. The zero-order valence-electron chi connectivity index (χ0n) is 20.4. The van der Waals surface area contributed by atoms with Gasteiger partial charge in [0.15, 0.2) is 11.6 Å². The van der Waals surface area contributed by atoms with Crippen molar-refractivity contribution in [3.8, 4) is 22.5 Å². The monoisotopic (exact) mass is 507 g/mol. The van der Waals surface area contributed by atoms with Gasteiger partial charge in [0.25, 0.3) is 5.91 Å². The number of carbonyl (C=O) groups excluding carboxylic acids is 1. The van der Waals surface area contributed by atoms with E-state index in [1.165, 1.54) is 0 Å². The van der Waals surface area contributed by atoms with E-state index in [1.54, 1.807) is 17.5 Å². The first-order chi connectivity index (χ1) is 18.1. The second-order valence-electron chi connectivity index (χ2n) is 8.99. The molecule has 9 heteroatoms. The van der Waals surface area contributed by atoms with Gasteiger partial charge in [-0.1, -0.05) is 31.2 Å². The third-order valence-electron chi connectivity index (χ3n) is 6.40. The topological polar surface area (TPSA) is 111 Å². The fourth-order valence-electron chi connectivity index (χ4n) is 4.16. The van der Waals surface area contributed by atoms with Gasteiger partial charge in [-0.05, 0) is 54.6 Å². The molecule has 1 atom stereocenters. The number of hydrogen-bond acceptors (Lipinski definition) is 6. The Bertz CT molecular complexity index is 1700. The normalized spacial score (nSPS) is 12.2. The van der Waals surface area contributed by atoms with Gasteiger partial charge in [-0.3, -0.25) is 9.89 Å². The van der Waals surface area contributed by atoms with Crippen LogP contribution >= 0.6 is 11.3 Å². The smallest absolute Gasteiger partial charge is 0.267 e. The van der Waals surface area contributed by atoms with Crippen LogP contribution in [0, 0.1) is 0 Å². The van der Waals surface area contributed by atoms with Crippen LogP contribution in [0.1, 0.15) is 30.8 Å². The molecule has 8 nitrogen and oxygen atoms in total. The van der Waals surface area contributed by atoms with E-state index in [4.69, 9.17) is 9.97 Å². The van der Waals surface area contributed by atoms with Crippen molar-refractivity contribution in [2.75, 3.05) is 5.32 Å². The summed E-state index contributed by atoms with van der Waals surface area (Å²) in [6.07, 6.45) is 4.55. The molecule has 0 aliphatic heterocycles. The highest BCUT2D eigenvalue weighted by atomic mass is 32.1. The van der Waals surface area contributed by atoms with Crippen LogP contribution in [-0.4, -0.2) is 37.1 Å². The van der Waals surface area contributed by atoms with E-state index < -0.39 is 0 Å². The summed E-state index contributed by atoms with van der Waals surface area (Å²) < 4.78 is 0.993. The van der Waals surface area contributed by atoms with E-state index in [1.807, 2.05) is 67.9 Å². The lowest BCUT2D eigenvalue weighted by molar-refractivity contribution is 0.0935. The highest BCUT2D eigenvalue weighted by molar-refractivity contribution is 7.17. The molecule has 0 fully saturated rings. The molecule has 0 spiro atoms. The number of nitrogens with one attached hydrogen (secondary N) is 4. The lowest BCUT2D eigenvalue weighted by atomic mass is 10.1. The van der Waals surface area contributed by atoms with E-state index in [2.05, 4.69) is 37.9 Å². The largest absolute Gasteiger partial charge is 0.351 e. The minimum absolute atomic E-state index is 0.103. The minimum Gasteiger partial charge on any atom is -0.351 e. The third kappa shape index (κ3) is 4.56. The van der Waals surface area contributed by atoms with Crippen molar-refractivity contribution < 1.29 is 4.79 Å². The second kappa shape index (κ2) is 9.51. The number of benzene rings is 2. The molecule has 6 aromatic rings. The quantitative estimate of drug-likeness (QED) is 0.197. The van der Waals surface area contributed by atoms with E-state index in [0.717, 1.165) is 55.7 Å². The summed E-state index contributed by atoms with van der Waals surface area (Å²) in [7, 11) is 0. The Morgan fingerprint density at radius 3 is 2.65 bits per heavy atom. The number of thiophene rings is 1. The number of H-pyrrole nitrogens is 2. The van der Waals surface area contributed by atoms with Crippen LogP contribution in [-0.2, 0) is 0 Å². The number of carbonyl (C=O) groups is 1. The number of hydrogen-bond donors (Lipinski definition) is 4. The summed E-state index contributed by atoms with van der Waals surface area (Å²) in [6, 6.07) is 18.1. The van der Waals surface area contributed by atoms with Gasteiger partial charge in [-0.15, -0.1) is 11.3 Å². The third-order valence-corrected chi connectivity index (χ3v) is 7.31. The van der Waals surface area contributed by atoms with Crippen LogP contribution in [0.5, 0.6) is 0 Å². The number of amides is 1. The first kappa shape index (κ1) is 22.9. The highest BCUT2D eigenvalue weighted by Crippen LogP contribution is 2.32. The van der Waals surface area contributed by atoms with Gasteiger partial charge in [-0.25, -0.2) is 9.97 Å². The van der Waals surface area contributed by atoms with Crippen molar-refractivity contribution in [3.05, 3.63) is 78.1 Å². The molecule has 37 heavy (non-hydrogen) atoms. The molecule has 0 bridgehead atoms. The van der Waals surface area contributed by atoms with E-state index >= 15 is 0 Å². The van der Waals surface area contributed by atoms with Crippen LogP contribution in [0.4, 0.5) is 11.5 Å². The van der Waals surface area contributed by atoms with Gasteiger partial charge < -0.3 is 15.6 Å². The van der Waals surface area contributed by atoms with Gasteiger partial charge >= 0.3 is 0 Å². The SMILES string of the molecule is CCC(C)NC(=O)c1cc2ccc(-c3nc(Nc4ccc(-c5cn[nH]c5)cc4)c4sccc4n3)cc2[nH]1.